The van der Waals surface area contributed by atoms with Gasteiger partial charge in [0.15, 0.2) is 12.0 Å². The minimum absolute atomic E-state index is 0.0227. The van der Waals surface area contributed by atoms with Gasteiger partial charge in [0.2, 0.25) is 0 Å². The molecule has 142 valence electrons. The maximum absolute atomic E-state index is 12.8. The van der Waals surface area contributed by atoms with Crippen LogP contribution in [0.3, 0.4) is 0 Å². The molecule has 1 aliphatic heterocycles. The van der Waals surface area contributed by atoms with Crippen molar-refractivity contribution in [2.24, 2.45) is 7.05 Å². The van der Waals surface area contributed by atoms with Gasteiger partial charge in [0.25, 0.3) is 11.8 Å². The molecule has 8 nitrogen and oxygen atoms in total. The summed E-state index contributed by atoms with van der Waals surface area (Å²) in [6.07, 6.45) is 0.0454. The fourth-order valence-corrected chi connectivity index (χ4v) is 3.24. The predicted octanol–water partition coefficient (Wildman–Crippen LogP) is 1.68. The molecule has 1 saturated heterocycles. The van der Waals surface area contributed by atoms with Crippen LogP contribution in [0.15, 0.2) is 47.3 Å². The molecule has 0 spiro atoms. The molecule has 8 heteroatoms. The van der Waals surface area contributed by atoms with Crippen LogP contribution in [0.1, 0.15) is 12.8 Å². The number of fused-ring (bicyclic) bond motifs is 2. The standard InChI is InChI=1S/C20H16N2O6/c1-21-15-5-3-2-4-13(15)20(26)14-10-12(6-7-16(14)21)27-11-19(25)28-22-17(23)8-9-18(22)24/h2-7,10H,8-9,11H2,1H3. The molecule has 1 aromatic heterocycles. The number of hydroxylamine groups is 2. The van der Waals surface area contributed by atoms with Crippen LogP contribution in [0.5, 0.6) is 5.75 Å². The number of rotatable bonds is 4. The molecule has 0 radical (unpaired) electrons. The Kier molecular flexibility index (Phi) is 4.31. The van der Waals surface area contributed by atoms with Crippen molar-refractivity contribution in [1.29, 1.82) is 0 Å². The van der Waals surface area contributed by atoms with Crippen LogP contribution in [0.25, 0.3) is 21.8 Å². The Morgan fingerprint density at radius 3 is 2.39 bits per heavy atom. The third kappa shape index (κ3) is 2.98. The van der Waals surface area contributed by atoms with Gasteiger partial charge in [0.05, 0.1) is 11.0 Å². The van der Waals surface area contributed by atoms with E-state index in [1.807, 2.05) is 23.7 Å². The van der Waals surface area contributed by atoms with Crippen molar-refractivity contribution in [1.82, 2.24) is 9.63 Å². The van der Waals surface area contributed by atoms with Gasteiger partial charge in [-0.2, -0.15) is 0 Å². The summed E-state index contributed by atoms with van der Waals surface area (Å²) in [5, 5.41) is 1.51. The first kappa shape index (κ1) is 17.7. The number of amides is 2. The summed E-state index contributed by atoms with van der Waals surface area (Å²) in [6.45, 7) is -0.504. The summed E-state index contributed by atoms with van der Waals surface area (Å²) in [5.74, 6) is -1.69. The van der Waals surface area contributed by atoms with Crippen molar-refractivity contribution < 1.29 is 24.0 Å². The molecule has 1 fully saturated rings. The summed E-state index contributed by atoms with van der Waals surface area (Å²) in [7, 11) is 1.87. The third-order valence-electron chi connectivity index (χ3n) is 4.64. The van der Waals surface area contributed by atoms with Crippen LogP contribution < -0.4 is 10.2 Å². The minimum atomic E-state index is -0.880. The molecule has 0 unspecified atom stereocenters. The molecule has 3 aromatic rings. The van der Waals surface area contributed by atoms with Gasteiger partial charge in [-0.3, -0.25) is 14.4 Å². The van der Waals surface area contributed by atoms with Crippen molar-refractivity contribution in [2.75, 3.05) is 6.61 Å². The number of carbonyl (C=O) groups is 3. The van der Waals surface area contributed by atoms with Crippen LogP contribution in [-0.2, 0) is 26.3 Å². The SMILES string of the molecule is Cn1c2ccccc2c(=O)c2cc(OCC(=O)ON3C(=O)CCC3=O)ccc21. The van der Waals surface area contributed by atoms with E-state index in [0.717, 1.165) is 11.0 Å². The molecule has 0 bridgehead atoms. The zero-order chi connectivity index (χ0) is 19.8. The number of aromatic nitrogens is 1. The Morgan fingerprint density at radius 2 is 1.64 bits per heavy atom. The van der Waals surface area contributed by atoms with Crippen molar-refractivity contribution in [3.05, 3.63) is 52.7 Å². The number of aryl methyl sites for hydroxylation is 1. The lowest BCUT2D eigenvalue weighted by Gasteiger charge is -2.14. The second kappa shape index (κ2) is 6.80. The Bertz CT molecular complexity index is 1180. The Hall–Kier alpha value is -3.68. The predicted molar refractivity (Wildman–Crippen MR) is 99.4 cm³/mol. The van der Waals surface area contributed by atoms with E-state index in [-0.39, 0.29) is 18.3 Å². The summed E-state index contributed by atoms with van der Waals surface area (Å²) < 4.78 is 7.30. The molecule has 0 N–H and O–H groups in total. The summed E-state index contributed by atoms with van der Waals surface area (Å²) in [5.41, 5.74) is 1.41. The molecule has 0 atom stereocenters. The first-order valence-corrected chi connectivity index (χ1v) is 8.66. The van der Waals surface area contributed by atoms with Gasteiger partial charge in [-0.1, -0.05) is 12.1 Å². The highest BCUT2D eigenvalue weighted by Crippen LogP contribution is 2.22. The van der Waals surface area contributed by atoms with Crippen LogP contribution in [0.2, 0.25) is 0 Å². The molecule has 28 heavy (non-hydrogen) atoms. The van der Waals surface area contributed by atoms with E-state index in [4.69, 9.17) is 9.57 Å². The van der Waals surface area contributed by atoms with E-state index in [1.165, 1.54) is 0 Å². The number of benzene rings is 2. The maximum atomic E-state index is 12.8. The van der Waals surface area contributed by atoms with Gasteiger partial charge in [-0.25, -0.2) is 4.79 Å². The lowest BCUT2D eigenvalue weighted by atomic mass is 10.1. The lowest BCUT2D eigenvalue weighted by Crippen LogP contribution is -2.33. The number of imide groups is 1. The van der Waals surface area contributed by atoms with Crippen LogP contribution >= 0.6 is 0 Å². The summed E-state index contributed by atoms with van der Waals surface area (Å²) >= 11 is 0. The zero-order valence-corrected chi connectivity index (χ0v) is 15.0. The van der Waals surface area contributed by atoms with Gasteiger partial charge in [-0.05, 0) is 30.3 Å². The van der Waals surface area contributed by atoms with Crippen molar-refractivity contribution in [3.8, 4) is 5.75 Å². The maximum Gasteiger partial charge on any atom is 0.370 e. The quantitative estimate of drug-likeness (QED) is 0.505. The highest BCUT2D eigenvalue weighted by atomic mass is 16.7. The Labute approximate surface area is 158 Å². The average molecular weight is 380 g/mol. The number of carbonyl (C=O) groups excluding carboxylic acids is 3. The molecular formula is C20H16N2O6. The molecule has 0 aliphatic carbocycles. The van der Waals surface area contributed by atoms with Crippen molar-refractivity contribution in [2.45, 2.75) is 12.8 Å². The summed E-state index contributed by atoms with van der Waals surface area (Å²) in [6, 6.07) is 12.2. The van der Waals surface area contributed by atoms with Gasteiger partial charge in [0, 0.05) is 30.7 Å². The number of nitrogens with zero attached hydrogens (tertiary/aromatic N) is 2. The average Bonchev–Trinajstić information content (AvgIpc) is 3.02. The van der Waals surface area contributed by atoms with E-state index in [0.29, 0.717) is 21.6 Å². The number of ether oxygens (including phenoxy) is 1. The normalized spacial score (nSPS) is 14.1. The molecular weight excluding hydrogens is 364 g/mol. The minimum Gasteiger partial charge on any atom is -0.482 e. The lowest BCUT2D eigenvalue weighted by molar-refractivity contribution is -0.198. The van der Waals surface area contributed by atoms with E-state index < -0.39 is 24.4 Å². The highest BCUT2D eigenvalue weighted by molar-refractivity contribution is 6.01. The first-order valence-electron chi connectivity index (χ1n) is 8.66. The Balaban J connectivity index is 1.57. The highest BCUT2D eigenvalue weighted by Gasteiger charge is 2.32. The van der Waals surface area contributed by atoms with E-state index >= 15 is 0 Å². The molecule has 2 aromatic carbocycles. The first-order chi connectivity index (χ1) is 13.5. The molecule has 2 heterocycles. The number of para-hydroxylation sites is 1. The third-order valence-corrected chi connectivity index (χ3v) is 4.64. The van der Waals surface area contributed by atoms with Crippen molar-refractivity contribution >= 4 is 39.6 Å². The van der Waals surface area contributed by atoms with Crippen LogP contribution in [0, 0.1) is 0 Å². The van der Waals surface area contributed by atoms with Crippen LogP contribution in [-0.4, -0.2) is 34.0 Å². The number of hydrogen-bond acceptors (Lipinski definition) is 6. The van der Waals surface area contributed by atoms with Crippen LogP contribution in [0.4, 0.5) is 0 Å². The molecule has 1 aliphatic rings. The molecule has 2 amide bonds. The Morgan fingerprint density at radius 1 is 0.964 bits per heavy atom. The largest absolute Gasteiger partial charge is 0.482 e. The van der Waals surface area contributed by atoms with Gasteiger partial charge in [0.1, 0.15) is 5.75 Å². The second-order valence-corrected chi connectivity index (χ2v) is 6.42. The van der Waals surface area contributed by atoms with Gasteiger partial charge >= 0.3 is 5.97 Å². The zero-order valence-electron chi connectivity index (χ0n) is 15.0. The monoisotopic (exact) mass is 380 g/mol. The molecule has 4 rings (SSSR count). The fourth-order valence-electron chi connectivity index (χ4n) is 3.24. The number of pyridine rings is 1. The number of hydrogen-bond donors (Lipinski definition) is 0. The van der Waals surface area contributed by atoms with Gasteiger partial charge < -0.3 is 14.1 Å². The topological polar surface area (TPSA) is 94.9 Å². The van der Waals surface area contributed by atoms with E-state index in [1.54, 1.807) is 30.3 Å². The molecule has 0 saturated carbocycles. The fraction of sp³-hybridized carbons (Fsp3) is 0.200. The second-order valence-electron chi connectivity index (χ2n) is 6.42. The smallest absolute Gasteiger partial charge is 0.370 e. The van der Waals surface area contributed by atoms with Gasteiger partial charge in [-0.15, -0.1) is 5.06 Å². The summed E-state index contributed by atoms with van der Waals surface area (Å²) in [4.78, 5) is 52.3. The van der Waals surface area contributed by atoms with Crippen molar-refractivity contribution in [3.63, 3.8) is 0 Å². The van der Waals surface area contributed by atoms with E-state index in [9.17, 15) is 19.2 Å². The van der Waals surface area contributed by atoms with E-state index in [2.05, 4.69) is 0 Å².